The molecule has 204 valence electrons. The third-order valence-corrected chi connectivity index (χ3v) is 6.45. The maximum Gasteiger partial charge on any atom is 0.335 e. The van der Waals surface area contributed by atoms with Gasteiger partial charge in [-0.3, -0.25) is 14.0 Å². The van der Waals surface area contributed by atoms with Crippen LogP contribution in [0, 0.1) is 0 Å². The van der Waals surface area contributed by atoms with E-state index in [1.54, 1.807) is 19.1 Å². The monoisotopic (exact) mass is 541 g/mol. The number of aromatic carboxylic acids is 1. The Balaban J connectivity index is 1.38. The first-order valence-corrected chi connectivity index (χ1v) is 12.3. The fraction of sp³-hybridized carbons (Fsp3) is 0.143. The largest absolute Gasteiger partial charge is 0.485 e. The number of nitrogens with one attached hydrogen (secondary N) is 3. The molecule has 3 heterocycles. The number of aromatic nitrogens is 2. The first kappa shape index (κ1) is 26.1. The zero-order chi connectivity index (χ0) is 28.6. The summed E-state index contributed by atoms with van der Waals surface area (Å²) in [6.07, 6.45) is 0. The van der Waals surface area contributed by atoms with Gasteiger partial charge in [-0.2, -0.15) is 0 Å². The lowest BCUT2D eigenvalue weighted by Crippen LogP contribution is -2.30. The minimum absolute atomic E-state index is 0.0369. The average molecular weight is 542 g/mol. The molecule has 40 heavy (non-hydrogen) atoms. The Labute approximate surface area is 228 Å². The van der Waals surface area contributed by atoms with Crippen LogP contribution >= 0.6 is 0 Å². The van der Waals surface area contributed by atoms with Crippen molar-refractivity contribution in [3.8, 4) is 5.75 Å². The van der Waals surface area contributed by atoms with Crippen LogP contribution in [0.4, 0.5) is 17.2 Å². The van der Waals surface area contributed by atoms with E-state index in [1.807, 2.05) is 18.2 Å². The smallest absolute Gasteiger partial charge is 0.335 e. The Bertz CT molecular complexity index is 1680. The molecule has 12 heteroatoms. The van der Waals surface area contributed by atoms with E-state index in [0.717, 1.165) is 16.9 Å². The summed E-state index contributed by atoms with van der Waals surface area (Å²) in [6.45, 7) is 6.19. The van der Waals surface area contributed by atoms with Gasteiger partial charge < -0.3 is 37.3 Å². The van der Waals surface area contributed by atoms with Crippen molar-refractivity contribution in [2.24, 2.45) is 0 Å². The molecule has 1 aliphatic rings. The SMILES string of the molecule is C=C1COc2ccc(CNC(=O)c3cc(C(=O)N[C@H](C)c4ccc(C(=O)O)cc4)nc4c(N)cc(N)n34)cc2N1. The lowest BCUT2D eigenvalue weighted by Gasteiger charge is -2.21. The average Bonchev–Trinajstić information content (AvgIpc) is 3.23. The minimum atomic E-state index is -1.04. The van der Waals surface area contributed by atoms with Crippen molar-refractivity contribution in [2.75, 3.05) is 23.4 Å². The molecule has 12 nitrogen and oxygen atoms in total. The molecular formula is C28H27N7O5. The summed E-state index contributed by atoms with van der Waals surface area (Å²) in [5.74, 6) is -1.20. The second-order valence-electron chi connectivity index (χ2n) is 9.36. The molecule has 0 saturated heterocycles. The summed E-state index contributed by atoms with van der Waals surface area (Å²) in [5.41, 5.74) is 15.7. The Morgan fingerprint density at radius 3 is 2.60 bits per heavy atom. The van der Waals surface area contributed by atoms with Crippen molar-refractivity contribution in [3.63, 3.8) is 0 Å². The number of benzene rings is 2. The number of anilines is 3. The number of hydrogen-bond donors (Lipinski definition) is 6. The fourth-order valence-corrected chi connectivity index (χ4v) is 4.37. The van der Waals surface area contributed by atoms with E-state index >= 15 is 0 Å². The zero-order valence-corrected chi connectivity index (χ0v) is 21.5. The number of nitrogens with zero attached hydrogens (tertiary/aromatic N) is 2. The second-order valence-corrected chi connectivity index (χ2v) is 9.36. The molecule has 0 spiro atoms. The van der Waals surface area contributed by atoms with Crippen molar-refractivity contribution >= 4 is 40.6 Å². The Hall–Kier alpha value is -5.52. The van der Waals surface area contributed by atoms with Crippen LogP contribution in [0.5, 0.6) is 5.75 Å². The van der Waals surface area contributed by atoms with Gasteiger partial charge in [-0.15, -0.1) is 0 Å². The summed E-state index contributed by atoms with van der Waals surface area (Å²) in [7, 11) is 0. The number of fused-ring (bicyclic) bond motifs is 2. The van der Waals surface area contributed by atoms with E-state index in [1.165, 1.54) is 28.7 Å². The maximum absolute atomic E-state index is 13.3. The summed E-state index contributed by atoms with van der Waals surface area (Å²) in [4.78, 5) is 42.0. The van der Waals surface area contributed by atoms with Gasteiger partial charge >= 0.3 is 5.97 Å². The molecule has 0 bridgehead atoms. The highest BCUT2D eigenvalue weighted by atomic mass is 16.5. The maximum atomic E-state index is 13.3. The highest BCUT2D eigenvalue weighted by Gasteiger charge is 2.22. The van der Waals surface area contributed by atoms with Crippen LogP contribution in [0.3, 0.4) is 0 Å². The van der Waals surface area contributed by atoms with Crippen molar-refractivity contribution in [1.82, 2.24) is 20.0 Å². The third-order valence-electron chi connectivity index (χ3n) is 6.45. The van der Waals surface area contributed by atoms with Gasteiger partial charge in [-0.05, 0) is 48.4 Å². The highest BCUT2D eigenvalue weighted by molar-refractivity contribution is 6.00. The molecular weight excluding hydrogens is 514 g/mol. The van der Waals surface area contributed by atoms with Crippen LogP contribution in [-0.4, -0.2) is 38.9 Å². The number of nitrogen functional groups attached to an aromatic ring is 2. The van der Waals surface area contributed by atoms with Crippen LogP contribution in [0.25, 0.3) is 5.65 Å². The van der Waals surface area contributed by atoms with Crippen molar-refractivity contribution < 1.29 is 24.2 Å². The lowest BCUT2D eigenvalue weighted by molar-refractivity contribution is 0.0696. The van der Waals surface area contributed by atoms with E-state index in [9.17, 15) is 14.4 Å². The van der Waals surface area contributed by atoms with Gasteiger partial charge in [-0.25, -0.2) is 9.78 Å². The minimum Gasteiger partial charge on any atom is -0.485 e. The van der Waals surface area contributed by atoms with E-state index < -0.39 is 23.8 Å². The number of carboxylic acids is 1. The third kappa shape index (κ3) is 5.10. The van der Waals surface area contributed by atoms with Gasteiger partial charge in [0.15, 0.2) is 5.65 Å². The number of ether oxygens (including phenoxy) is 1. The molecule has 0 fully saturated rings. The number of nitrogens with two attached hydrogens (primary N) is 2. The van der Waals surface area contributed by atoms with Crippen molar-refractivity contribution in [2.45, 2.75) is 19.5 Å². The first-order chi connectivity index (χ1) is 19.1. The van der Waals surface area contributed by atoms with Gasteiger partial charge in [0.2, 0.25) is 0 Å². The van der Waals surface area contributed by atoms with Gasteiger partial charge in [0.05, 0.1) is 23.0 Å². The Kier molecular flexibility index (Phi) is 6.74. The van der Waals surface area contributed by atoms with Crippen molar-refractivity contribution in [3.05, 3.63) is 95.0 Å². The predicted octanol–water partition coefficient (Wildman–Crippen LogP) is 2.94. The molecule has 5 rings (SSSR count). The molecule has 0 unspecified atom stereocenters. The molecule has 2 aromatic heterocycles. The molecule has 2 aromatic carbocycles. The van der Waals surface area contributed by atoms with Gasteiger partial charge in [0, 0.05) is 18.3 Å². The topological polar surface area (TPSA) is 186 Å². The number of amides is 2. The number of carbonyl (C=O) groups excluding carboxylic acids is 2. The number of carbonyl (C=O) groups is 3. The molecule has 0 saturated carbocycles. The van der Waals surface area contributed by atoms with E-state index in [-0.39, 0.29) is 40.6 Å². The highest BCUT2D eigenvalue weighted by Crippen LogP contribution is 2.30. The van der Waals surface area contributed by atoms with E-state index in [2.05, 4.69) is 27.5 Å². The van der Waals surface area contributed by atoms with E-state index in [0.29, 0.717) is 17.9 Å². The van der Waals surface area contributed by atoms with E-state index in [4.69, 9.17) is 21.3 Å². The zero-order valence-electron chi connectivity index (χ0n) is 21.5. The molecule has 8 N–H and O–H groups in total. The predicted molar refractivity (Wildman–Crippen MR) is 149 cm³/mol. The van der Waals surface area contributed by atoms with Gasteiger partial charge in [0.25, 0.3) is 11.8 Å². The van der Waals surface area contributed by atoms with Crippen LogP contribution in [0.15, 0.2) is 66.9 Å². The van der Waals surface area contributed by atoms with Crippen molar-refractivity contribution in [1.29, 1.82) is 0 Å². The van der Waals surface area contributed by atoms with Gasteiger partial charge in [-0.1, -0.05) is 24.8 Å². The quantitative estimate of drug-likeness (QED) is 0.205. The van der Waals surface area contributed by atoms with Crippen LogP contribution in [0.1, 0.15) is 55.4 Å². The number of hydrogen-bond acceptors (Lipinski definition) is 8. The molecule has 0 radical (unpaired) electrons. The summed E-state index contributed by atoms with van der Waals surface area (Å²) in [6, 6.07) is 14.0. The number of carboxylic acid groups (broad SMARTS) is 1. The van der Waals surface area contributed by atoms with Crippen LogP contribution in [0.2, 0.25) is 0 Å². The normalized spacial score (nSPS) is 13.1. The fourth-order valence-electron chi connectivity index (χ4n) is 4.37. The first-order valence-electron chi connectivity index (χ1n) is 12.3. The van der Waals surface area contributed by atoms with Gasteiger partial charge in [0.1, 0.15) is 29.6 Å². The standard InChI is InChI=1S/C28H27N7O5/c1-14-13-40-23-8-3-16(9-20(23)32-14)12-31-27(37)22-11-21(34-25-19(29)10-24(30)35(22)25)26(36)33-15(2)17-4-6-18(7-5-17)28(38)39/h3-11,15,32H,1,12-13,29-30H2,2H3,(H,31,37)(H,33,36)(H,38,39)/t15-/m1/s1. The molecule has 1 atom stereocenters. The van der Waals surface area contributed by atoms with Crippen LogP contribution in [-0.2, 0) is 6.54 Å². The molecule has 4 aromatic rings. The molecule has 0 aliphatic carbocycles. The molecule has 2 amide bonds. The second kappa shape index (κ2) is 10.3. The summed E-state index contributed by atoms with van der Waals surface area (Å²) in [5, 5.41) is 17.9. The Morgan fingerprint density at radius 1 is 1.12 bits per heavy atom. The van der Waals surface area contributed by atoms with Crippen LogP contribution < -0.4 is 32.2 Å². The Morgan fingerprint density at radius 2 is 1.88 bits per heavy atom. The summed E-state index contributed by atoms with van der Waals surface area (Å²) < 4.78 is 7.00. The number of rotatable bonds is 7. The summed E-state index contributed by atoms with van der Waals surface area (Å²) >= 11 is 0. The molecule has 1 aliphatic heterocycles. The lowest BCUT2D eigenvalue weighted by atomic mass is 10.1.